The lowest BCUT2D eigenvalue weighted by molar-refractivity contribution is -0.119. The van der Waals surface area contributed by atoms with E-state index in [9.17, 15) is 0 Å². The first-order valence-electron chi connectivity index (χ1n) is 13.7. The highest BCUT2D eigenvalue weighted by molar-refractivity contribution is 5.00. The van der Waals surface area contributed by atoms with Crippen molar-refractivity contribution < 1.29 is 4.74 Å². The van der Waals surface area contributed by atoms with Gasteiger partial charge in [-0.1, -0.05) is 103 Å². The van der Waals surface area contributed by atoms with Crippen LogP contribution in [0.3, 0.4) is 0 Å². The first-order valence-corrected chi connectivity index (χ1v) is 13.7. The minimum Gasteiger partial charge on any atom is -0.376 e. The van der Waals surface area contributed by atoms with E-state index in [-0.39, 0.29) is 11.1 Å². The average Bonchev–Trinajstić information content (AvgIpc) is 2.70. The van der Waals surface area contributed by atoms with Gasteiger partial charge in [0.15, 0.2) is 0 Å². The quantitative estimate of drug-likeness (QED) is 0.204. The van der Waals surface area contributed by atoms with E-state index >= 15 is 0 Å². The Hall–Kier alpha value is -0.0800. The van der Waals surface area contributed by atoms with Gasteiger partial charge in [-0.05, 0) is 54.0 Å². The van der Waals surface area contributed by atoms with Gasteiger partial charge in [0.1, 0.15) is 0 Å². The fourth-order valence-corrected chi connectivity index (χ4v) is 5.16. The second-order valence-corrected chi connectivity index (χ2v) is 11.2. The van der Waals surface area contributed by atoms with Crippen LogP contribution in [0, 0.1) is 0 Å². The molecule has 1 saturated heterocycles. The highest BCUT2D eigenvalue weighted by Gasteiger charge is 2.45. The summed E-state index contributed by atoms with van der Waals surface area (Å²) in [5, 5.41) is 0. The molecule has 0 aromatic heterocycles. The molecule has 1 aliphatic rings. The van der Waals surface area contributed by atoms with Gasteiger partial charge < -0.3 is 4.74 Å². The zero-order chi connectivity index (χ0) is 22.3. The number of unbranched alkanes of at least 4 members (excludes halogenated alkanes) is 15. The highest BCUT2D eigenvalue weighted by atomic mass is 16.5. The van der Waals surface area contributed by atoms with Gasteiger partial charge in [0.2, 0.25) is 0 Å². The molecule has 0 aliphatic carbocycles. The number of rotatable bonds is 18. The molecule has 30 heavy (non-hydrogen) atoms. The largest absolute Gasteiger partial charge is 0.376 e. The molecule has 0 saturated carbocycles. The third-order valence-corrected chi connectivity index (χ3v) is 7.90. The third-order valence-electron chi connectivity index (χ3n) is 7.90. The van der Waals surface area contributed by atoms with Crippen LogP contribution in [0.1, 0.15) is 150 Å². The molecule has 1 atom stereocenters. The zero-order valence-corrected chi connectivity index (χ0v) is 21.9. The van der Waals surface area contributed by atoms with Crippen molar-refractivity contribution in [1.82, 2.24) is 4.90 Å². The molecule has 0 N–H and O–H groups in total. The Kier molecular flexibility index (Phi) is 14.6. The lowest BCUT2D eigenvalue weighted by atomic mass is 9.78. The Morgan fingerprint density at radius 3 is 1.50 bits per heavy atom. The number of ether oxygens (including phenoxy) is 1. The molecular formula is C28H57NO. The molecule has 0 amide bonds. The smallest absolute Gasteiger partial charge is 0.0754 e. The molecule has 0 radical (unpaired) electrons. The van der Waals surface area contributed by atoms with Gasteiger partial charge in [0.25, 0.3) is 0 Å². The fourth-order valence-electron chi connectivity index (χ4n) is 5.16. The maximum atomic E-state index is 6.34. The van der Waals surface area contributed by atoms with Crippen molar-refractivity contribution in [3.63, 3.8) is 0 Å². The van der Waals surface area contributed by atoms with Gasteiger partial charge in [0, 0.05) is 17.7 Å². The molecule has 1 fully saturated rings. The van der Waals surface area contributed by atoms with E-state index in [0.29, 0.717) is 6.10 Å². The zero-order valence-electron chi connectivity index (χ0n) is 21.9. The van der Waals surface area contributed by atoms with Gasteiger partial charge in [-0.25, -0.2) is 0 Å². The predicted octanol–water partition coefficient (Wildman–Crippen LogP) is 8.92. The maximum Gasteiger partial charge on any atom is 0.0754 e. The van der Waals surface area contributed by atoms with Crippen molar-refractivity contribution in [3.05, 3.63) is 0 Å². The summed E-state index contributed by atoms with van der Waals surface area (Å²) in [4.78, 5) is 2.53. The second kappa shape index (κ2) is 15.7. The summed E-state index contributed by atoms with van der Waals surface area (Å²) < 4.78 is 6.34. The summed E-state index contributed by atoms with van der Waals surface area (Å²) in [6.45, 7) is 12.7. The van der Waals surface area contributed by atoms with E-state index < -0.39 is 0 Å². The van der Waals surface area contributed by atoms with E-state index in [0.717, 1.165) is 6.61 Å². The van der Waals surface area contributed by atoms with E-state index in [1.54, 1.807) is 0 Å². The lowest BCUT2D eigenvalue weighted by Gasteiger charge is -2.54. The molecule has 1 unspecified atom stereocenters. The number of likely N-dealkylation sites (tertiary alicyclic amines) is 1. The third kappa shape index (κ3) is 11.0. The van der Waals surface area contributed by atoms with Crippen LogP contribution < -0.4 is 0 Å². The van der Waals surface area contributed by atoms with Gasteiger partial charge in [-0.3, -0.25) is 4.90 Å². The van der Waals surface area contributed by atoms with Crippen LogP contribution in [0.15, 0.2) is 0 Å². The van der Waals surface area contributed by atoms with Crippen LogP contribution in [-0.2, 0) is 4.74 Å². The molecule has 1 rings (SSSR count). The van der Waals surface area contributed by atoms with Gasteiger partial charge in [-0.2, -0.15) is 0 Å². The van der Waals surface area contributed by atoms with Gasteiger partial charge in [0.05, 0.1) is 6.10 Å². The number of piperidine rings is 1. The summed E-state index contributed by atoms with van der Waals surface area (Å²) in [6.07, 6.45) is 25.6. The van der Waals surface area contributed by atoms with Crippen LogP contribution in [0.25, 0.3) is 0 Å². The monoisotopic (exact) mass is 423 g/mol. The van der Waals surface area contributed by atoms with E-state index in [1.807, 2.05) is 0 Å². The van der Waals surface area contributed by atoms with Crippen molar-refractivity contribution in [2.24, 2.45) is 0 Å². The number of nitrogens with zero attached hydrogens (tertiary/aromatic N) is 1. The molecule has 0 aromatic rings. The van der Waals surface area contributed by atoms with Crippen molar-refractivity contribution in [2.75, 3.05) is 13.7 Å². The normalized spacial score (nSPS) is 21.2. The second-order valence-electron chi connectivity index (χ2n) is 11.2. The van der Waals surface area contributed by atoms with Crippen LogP contribution in [0.2, 0.25) is 0 Å². The summed E-state index contributed by atoms with van der Waals surface area (Å²) in [6, 6.07) is 0. The van der Waals surface area contributed by atoms with Crippen molar-refractivity contribution in [2.45, 2.75) is 167 Å². The number of hydrogen-bond donors (Lipinski definition) is 0. The molecule has 1 heterocycles. The first kappa shape index (κ1) is 28.0. The standard InChI is InChI=1S/C28H57NO/c1-7-8-9-10-11-12-13-14-15-16-17-18-19-20-21-22-25-30-26-23-24-27(2,3)29(6)28(26,4)5/h26H,7-25H2,1-6H3. The number of hydrogen-bond acceptors (Lipinski definition) is 2. The van der Waals surface area contributed by atoms with Crippen molar-refractivity contribution >= 4 is 0 Å². The Morgan fingerprint density at radius 2 is 1.07 bits per heavy atom. The van der Waals surface area contributed by atoms with E-state index in [4.69, 9.17) is 4.74 Å². The van der Waals surface area contributed by atoms with Crippen LogP contribution >= 0.6 is 0 Å². The van der Waals surface area contributed by atoms with E-state index in [2.05, 4.69) is 46.6 Å². The Bertz CT molecular complexity index is 403. The summed E-state index contributed by atoms with van der Waals surface area (Å²) in [5.41, 5.74) is 0.425. The molecule has 0 bridgehead atoms. The summed E-state index contributed by atoms with van der Waals surface area (Å²) in [5.74, 6) is 0. The maximum absolute atomic E-state index is 6.34. The van der Waals surface area contributed by atoms with Gasteiger partial charge >= 0.3 is 0 Å². The Morgan fingerprint density at radius 1 is 0.667 bits per heavy atom. The topological polar surface area (TPSA) is 12.5 Å². The Labute approximate surface area is 190 Å². The minimum absolute atomic E-state index is 0.136. The molecule has 0 spiro atoms. The lowest BCUT2D eigenvalue weighted by Crippen LogP contribution is -2.63. The molecule has 2 nitrogen and oxygen atoms in total. The fraction of sp³-hybridized carbons (Fsp3) is 1.00. The van der Waals surface area contributed by atoms with Gasteiger partial charge in [-0.15, -0.1) is 0 Å². The predicted molar refractivity (Wildman–Crippen MR) is 134 cm³/mol. The SMILES string of the molecule is CCCCCCCCCCCCCCCCCCOC1CCC(C)(C)N(C)C1(C)C. The summed E-state index contributed by atoms with van der Waals surface area (Å²) in [7, 11) is 2.27. The first-order chi connectivity index (χ1) is 14.3. The minimum atomic E-state index is 0.136. The van der Waals surface area contributed by atoms with E-state index in [1.165, 1.54) is 116 Å². The molecule has 180 valence electrons. The van der Waals surface area contributed by atoms with Crippen LogP contribution in [0.5, 0.6) is 0 Å². The molecule has 2 heteroatoms. The van der Waals surface area contributed by atoms with Crippen molar-refractivity contribution in [3.8, 4) is 0 Å². The van der Waals surface area contributed by atoms with Crippen LogP contribution in [-0.4, -0.2) is 35.7 Å². The average molecular weight is 424 g/mol. The Balaban J connectivity index is 1.87. The number of likely N-dealkylation sites (N-methyl/N-ethyl adjacent to an activating group) is 1. The van der Waals surface area contributed by atoms with Crippen LogP contribution in [0.4, 0.5) is 0 Å². The summed E-state index contributed by atoms with van der Waals surface area (Å²) >= 11 is 0. The van der Waals surface area contributed by atoms with Crippen molar-refractivity contribution in [1.29, 1.82) is 0 Å². The molecule has 0 aromatic carbocycles. The molecule has 1 aliphatic heterocycles. The molecular weight excluding hydrogens is 366 g/mol. The highest BCUT2D eigenvalue weighted by Crippen LogP contribution is 2.38.